The van der Waals surface area contributed by atoms with Gasteiger partial charge in [-0.2, -0.15) is 0 Å². The van der Waals surface area contributed by atoms with Crippen LogP contribution < -0.4 is 19.7 Å². The molecule has 20 heavy (non-hydrogen) atoms. The zero-order valence-electron chi connectivity index (χ0n) is 11.5. The molecule has 1 N–H and O–H groups in total. The van der Waals surface area contributed by atoms with E-state index in [9.17, 15) is 4.79 Å². The molecule has 106 valence electrons. The molecule has 1 aliphatic heterocycles. The van der Waals surface area contributed by atoms with Gasteiger partial charge < -0.3 is 19.7 Å². The number of nitrogens with zero attached hydrogens (tertiary/aromatic N) is 1. The van der Waals surface area contributed by atoms with E-state index in [1.54, 1.807) is 13.4 Å². The second-order valence-corrected chi connectivity index (χ2v) is 5.00. The Morgan fingerprint density at radius 2 is 2.35 bits per heavy atom. The van der Waals surface area contributed by atoms with Crippen molar-refractivity contribution in [3.05, 3.63) is 30.7 Å². The number of anilines is 1. The molecule has 1 aliphatic carbocycles. The molecule has 2 aliphatic rings. The maximum absolute atomic E-state index is 11.6. The van der Waals surface area contributed by atoms with Gasteiger partial charge in [0.1, 0.15) is 17.8 Å². The van der Waals surface area contributed by atoms with Crippen LogP contribution in [0.5, 0.6) is 11.5 Å². The highest BCUT2D eigenvalue weighted by Crippen LogP contribution is 2.35. The van der Waals surface area contributed by atoms with E-state index in [1.165, 1.54) is 0 Å². The lowest BCUT2D eigenvalue weighted by Gasteiger charge is -2.26. The molecule has 1 saturated carbocycles. The molecule has 0 bridgehead atoms. The third kappa shape index (κ3) is 2.71. The number of carbonyl (C=O) groups excluding carboxylic acids is 1. The molecule has 5 nitrogen and oxygen atoms in total. The Labute approximate surface area is 118 Å². The van der Waals surface area contributed by atoms with Gasteiger partial charge in [-0.1, -0.05) is 0 Å². The number of benzene rings is 1. The topological polar surface area (TPSA) is 50.8 Å². The van der Waals surface area contributed by atoms with E-state index in [0.29, 0.717) is 13.1 Å². The molecule has 0 unspecified atom stereocenters. The highest BCUT2D eigenvalue weighted by atomic mass is 16.5. The molecule has 0 radical (unpaired) electrons. The molecule has 1 fully saturated rings. The van der Waals surface area contributed by atoms with Gasteiger partial charge in [0, 0.05) is 31.3 Å². The average Bonchev–Trinajstić information content (AvgIpc) is 3.31. The van der Waals surface area contributed by atoms with Crippen LogP contribution in [0.15, 0.2) is 30.7 Å². The summed E-state index contributed by atoms with van der Waals surface area (Å²) in [6.07, 6.45) is 5.58. The number of fused-ring (bicyclic) bond motifs is 1. The fraction of sp³-hybridized carbons (Fsp3) is 0.400. The van der Waals surface area contributed by atoms with Crippen LogP contribution in [0, 0.1) is 5.92 Å². The van der Waals surface area contributed by atoms with E-state index < -0.39 is 0 Å². The number of rotatable bonds is 5. The lowest BCUT2D eigenvalue weighted by Crippen LogP contribution is -2.34. The van der Waals surface area contributed by atoms with Crippen molar-refractivity contribution in [1.29, 1.82) is 0 Å². The highest BCUT2D eigenvalue weighted by molar-refractivity contribution is 5.80. The van der Waals surface area contributed by atoms with Crippen LogP contribution in [-0.4, -0.2) is 26.1 Å². The lowest BCUT2D eigenvalue weighted by molar-refractivity contribution is -0.122. The summed E-state index contributed by atoms with van der Waals surface area (Å²) in [6.45, 7) is 1.33. The lowest BCUT2D eigenvalue weighted by atomic mass is 10.2. The first-order valence-corrected chi connectivity index (χ1v) is 6.83. The summed E-state index contributed by atoms with van der Waals surface area (Å²) in [5, 5.41) is 2.96. The molecule has 3 rings (SSSR count). The van der Waals surface area contributed by atoms with Crippen LogP contribution in [-0.2, 0) is 4.79 Å². The van der Waals surface area contributed by atoms with E-state index in [0.717, 1.165) is 30.0 Å². The van der Waals surface area contributed by atoms with Gasteiger partial charge in [-0.25, -0.2) is 0 Å². The normalized spacial score (nSPS) is 16.4. The number of amides is 1. The van der Waals surface area contributed by atoms with Crippen molar-refractivity contribution >= 4 is 11.6 Å². The van der Waals surface area contributed by atoms with Gasteiger partial charge in [0.2, 0.25) is 5.91 Å². The standard InChI is InChI=1S/C15H18N2O3/c1-19-12-4-5-14-13(10-12)17(8-9-20-14)7-6-16-15(18)11-2-3-11/h4-5,8-11H,2-3,6-7H2,1H3,(H,16,18). The van der Waals surface area contributed by atoms with Gasteiger partial charge in [0.25, 0.3) is 0 Å². The maximum atomic E-state index is 11.6. The monoisotopic (exact) mass is 274 g/mol. The second-order valence-electron chi connectivity index (χ2n) is 5.00. The highest BCUT2D eigenvalue weighted by Gasteiger charge is 2.29. The van der Waals surface area contributed by atoms with Gasteiger partial charge in [0.15, 0.2) is 0 Å². The van der Waals surface area contributed by atoms with E-state index in [1.807, 2.05) is 24.4 Å². The van der Waals surface area contributed by atoms with Crippen molar-refractivity contribution < 1.29 is 14.3 Å². The third-order valence-corrected chi connectivity index (χ3v) is 3.51. The fourth-order valence-electron chi connectivity index (χ4n) is 2.19. The second kappa shape index (κ2) is 5.45. The van der Waals surface area contributed by atoms with Gasteiger partial charge in [-0.15, -0.1) is 0 Å². The van der Waals surface area contributed by atoms with Crippen molar-refractivity contribution in [2.75, 3.05) is 25.1 Å². The number of hydrogen-bond donors (Lipinski definition) is 1. The van der Waals surface area contributed by atoms with Crippen LogP contribution in [0.25, 0.3) is 0 Å². The van der Waals surface area contributed by atoms with Crippen molar-refractivity contribution in [1.82, 2.24) is 5.32 Å². The SMILES string of the molecule is COc1ccc2c(c1)N(CCNC(=O)C1CC1)C=CO2. The summed E-state index contributed by atoms with van der Waals surface area (Å²) >= 11 is 0. The number of nitrogens with one attached hydrogen (secondary N) is 1. The first-order valence-electron chi connectivity index (χ1n) is 6.83. The minimum absolute atomic E-state index is 0.174. The molecule has 1 aromatic rings. The zero-order valence-corrected chi connectivity index (χ0v) is 11.5. The maximum Gasteiger partial charge on any atom is 0.223 e. The van der Waals surface area contributed by atoms with E-state index >= 15 is 0 Å². The molecule has 1 aromatic carbocycles. The van der Waals surface area contributed by atoms with Crippen LogP contribution in [0.2, 0.25) is 0 Å². The average molecular weight is 274 g/mol. The Balaban J connectivity index is 1.63. The van der Waals surface area contributed by atoms with Crippen LogP contribution in [0.1, 0.15) is 12.8 Å². The quantitative estimate of drug-likeness (QED) is 0.891. The van der Waals surface area contributed by atoms with Crippen molar-refractivity contribution in [2.24, 2.45) is 5.92 Å². The van der Waals surface area contributed by atoms with E-state index in [4.69, 9.17) is 9.47 Å². The van der Waals surface area contributed by atoms with Gasteiger partial charge in [-0.05, 0) is 25.0 Å². The van der Waals surface area contributed by atoms with E-state index in [-0.39, 0.29) is 11.8 Å². The Bertz CT molecular complexity index is 538. The summed E-state index contributed by atoms with van der Waals surface area (Å²) in [5.41, 5.74) is 0.951. The van der Waals surface area contributed by atoms with Crippen LogP contribution in [0.4, 0.5) is 5.69 Å². The number of hydrogen-bond acceptors (Lipinski definition) is 4. The summed E-state index contributed by atoms with van der Waals surface area (Å²) in [7, 11) is 1.64. The minimum atomic E-state index is 0.174. The minimum Gasteiger partial charge on any atom is -0.497 e. The van der Waals surface area contributed by atoms with Crippen LogP contribution in [0.3, 0.4) is 0 Å². The van der Waals surface area contributed by atoms with Gasteiger partial charge >= 0.3 is 0 Å². The van der Waals surface area contributed by atoms with Gasteiger partial charge in [-0.3, -0.25) is 4.79 Å². The van der Waals surface area contributed by atoms with Crippen molar-refractivity contribution in [3.63, 3.8) is 0 Å². The summed E-state index contributed by atoms with van der Waals surface area (Å²) in [6, 6.07) is 5.68. The molecule has 0 saturated heterocycles. The number of carbonyl (C=O) groups is 1. The third-order valence-electron chi connectivity index (χ3n) is 3.51. The molecule has 0 aromatic heterocycles. The van der Waals surface area contributed by atoms with Crippen LogP contribution >= 0.6 is 0 Å². The Morgan fingerprint density at radius 3 is 3.10 bits per heavy atom. The predicted molar refractivity (Wildman–Crippen MR) is 75.8 cm³/mol. The summed E-state index contributed by atoms with van der Waals surface area (Å²) < 4.78 is 10.7. The number of ether oxygens (including phenoxy) is 2. The predicted octanol–water partition coefficient (Wildman–Crippen LogP) is 1.89. The summed E-state index contributed by atoms with van der Waals surface area (Å²) in [5.74, 6) is 2.01. The van der Waals surface area contributed by atoms with Crippen molar-refractivity contribution in [3.8, 4) is 11.5 Å². The number of methoxy groups -OCH3 is 1. The van der Waals surface area contributed by atoms with Gasteiger partial charge in [0.05, 0.1) is 12.8 Å². The fourth-order valence-corrected chi connectivity index (χ4v) is 2.19. The molecular weight excluding hydrogens is 256 g/mol. The Morgan fingerprint density at radius 1 is 1.50 bits per heavy atom. The molecule has 1 heterocycles. The van der Waals surface area contributed by atoms with E-state index in [2.05, 4.69) is 10.2 Å². The first-order chi connectivity index (χ1) is 9.78. The van der Waals surface area contributed by atoms with Crippen molar-refractivity contribution in [2.45, 2.75) is 12.8 Å². The zero-order chi connectivity index (χ0) is 13.9. The molecule has 0 atom stereocenters. The first kappa shape index (κ1) is 12.8. The Kier molecular flexibility index (Phi) is 3.50. The molecule has 5 heteroatoms. The Hall–Kier alpha value is -2.17. The molecule has 0 spiro atoms. The molecule has 1 amide bonds. The molecular formula is C15H18N2O3. The summed E-state index contributed by atoms with van der Waals surface area (Å²) in [4.78, 5) is 13.7. The smallest absolute Gasteiger partial charge is 0.223 e. The largest absolute Gasteiger partial charge is 0.497 e.